The molecule has 0 amide bonds. The van der Waals surface area contributed by atoms with Crippen LogP contribution < -0.4 is 5.32 Å². The summed E-state index contributed by atoms with van der Waals surface area (Å²) in [4.78, 5) is 1.05. The van der Waals surface area contributed by atoms with Crippen molar-refractivity contribution in [3.05, 3.63) is 29.8 Å². The van der Waals surface area contributed by atoms with Gasteiger partial charge in [-0.2, -0.15) is 13.2 Å². The third-order valence-corrected chi connectivity index (χ3v) is 3.50. The Labute approximate surface area is 128 Å². The highest BCUT2D eigenvalue weighted by Crippen LogP contribution is 2.20. The number of thioether (sulfide) groups is 1. The van der Waals surface area contributed by atoms with Gasteiger partial charge in [0, 0.05) is 17.2 Å². The van der Waals surface area contributed by atoms with E-state index in [1.54, 1.807) is 0 Å². The number of alkyl halides is 3. The van der Waals surface area contributed by atoms with Gasteiger partial charge in [-0.05, 0) is 30.2 Å². The molecule has 1 rings (SSSR count). The van der Waals surface area contributed by atoms with Gasteiger partial charge in [0.2, 0.25) is 0 Å². The molecule has 0 aliphatic carbocycles. The number of nitrogens with one attached hydrogen (secondary N) is 1. The Morgan fingerprint density at radius 3 is 2.71 bits per heavy atom. The van der Waals surface area contributed by atoms with Gasteiger partial charge in [-0.1, -0.05) is 26.0 Å². The summed E-state index contributed by atoms with van der Waals surface area (Å²) in [5, 5.41) is 3.36. The molecule has 1 aromatic carbocycles. The molecule has 0 fully saturated rings. The maximum absolute atomic E-state index is 11.9. The SMILES string of the molecule is CC(C)CNCc1cccc(SCCOCC(F)(F)F)c1. The summed E-state index contributed by atoms with van der Waals surface area (Å²) >= 11 is 1.50. The molecular weight excluding hydrogens is 299 g/mol. The van der Waals surface area contributed by atoms with Crippen LogP contribution in [-0.2, 0) is 11.3 Å². The highest BCUT2D eigenvalue weighted by molar-refractivity contribution is 7.99. The molecule has 0 aromatic heterocycles. The second-order valence-electron chi connectivity index (χ2n) is 5.19. The largest absolute Gasteiger partial charge is 0.411 e. The number of benzene rings is 1. The molecule has 2 nitrogen and oxygen atoms in total. The number of rotatable bonds is 9. The van der Waals surface area contributed by atoms with Crippen LogP contribution in [0.2, 0.25) is 0 Å². The van der Waals surface area contributed by atoms with E-state index in [2.05, 4.69) is 30.0 Å². The lowest BCUT2D eigenvalue weighted by atomic mass is 10.2. The zero-order valence-electron chi connectivity index (χ0n) is 12.4. The van der Waals surface area contributed by atoms with Gasteiger partial charge < -0.3 is 10.1 Å². The van der Waals surface area contributed by atoms with Crippen molar-refractivity contribution in [2.45, 2.75) is 31.5 Å². The van der Waals surface area contributed by atoms with Crippen molar-refractivity contribution in [1.82, 2.24) is 5.32 Å². The fraction of sp³-hybridized carbons (Fsp3) is 0.600. The average Bonchev–Trinajstić information content (AvgIpc) is 2.37. The zero-order valence-corrected chi connectivity index (χ0v) is 13.2. The third-order valence-electron chi connectivity index (χ3n) is 2.54. The van der Waals surface area contributed by atoms with Crippen LogP contribution in [0.4, 0.5) is 13.2 Å². The summed E-state index contributed by atoms with van der Waals surface area (Å²) in [6, 6.07) is 8.02. The molecule has 0 bridgehead atoms. The lowest BCUT2D eigenvalue weighted by Crippen LogP contribution is -2.18. The molecule has 1 N–H and O–H groups in total. The van der Waals surface area contributed by atoms with Crippen molar-refractivity contribution in [3.63, 3.8) is 0 Å². The van der Waals surface area contributed by atoms with Gasteiger partial charge in [0.25, 0.3) is 0 Å². The van der Waals surface area contributed by atoms with Gasteiger partial charge in [-0.15, -0.1) is 11.8 Å². The standard InChI is InChI=1S/C15H22F3NOS/c1-12(2)9-19-10-13-4-3-5-14(8-13)21-7-6-20-11-15(16,17)18/h3-5,8,12,19H,6-7,9-11H2,1-2H3. The van der Waals surface area contributed by atoms with Crippen LogP contribution in [0, 0.1) is 5.92 Å². The van der Waals surface area contributed by atoms with E-state index in [-0.39, 0.29) is 6.61 Å². The highest BCUT2D eigenvalue weighted by Gasteiger charge is 2.27. The van der Waals surface area contributed by atoms with E-state index in [9.17, 15) is 13.2 Å². The minimum atomic E-state index is -4.24. The summed E-state index contributed by atoms with van der Waals surface area (Å²) in [7, 11) is 0. The second-order valence-corrected chi connectivity index (χ2v) is 6.36. The van der Waals surface area contributed by atoms with Crippen LogP contribution >= 0.6 is 11.8 Å². The van der Waals surface area contributed by atoms with Crippen LogP contribution in [0.3, 0.4) is 0 Å². The van der Waals surface area contributed by atoms with Crippen molar-refractivity contribution < 1.29 is 17.9 Å². The number of ether oxygens (including phenoxy) is 1. The Hall–Kier alpha value is -0.720. The molecule has 0 atom stereocenters. The minimum Gasteiger partial charge on any atom is -0.371 e. The van der Waals surface area contributed by atoms with Gasteiger partial charge in [-0.3, -0.25) is 0 Å². The average molecular weight is 321 g/mol. The number of hydrogen-bond donors (Lipinski definition) is 1. The lowest BCUT2D eigenvalue weighted by Gasteiger charge is -2.09. The monoisotopic (exact) mass is 321 g/mol. The van der Waals surface area contributed by atoms with Crippen molar-refractivity contribution in [2.24, 2.45) is 5.92 Å². The molecule has 0 saturated carbocycles. The molecule has 0 heterocycles. The maximum Gasteiger partial charge on any atom is 0.411 e. The Bertz CT molecular complexity index is 410. The van der Waals surface area contributed by atoms with E-state index in [0.29, 0.717) is 11.7 Å². The minimum absolute atomic E-state index is 0.0972. The quantitative estimate of drug-likeness (QED) is 0.546. The smallest absolute Gasteiger partial charge is 0.371 e. The summed E-state index contributed by atoms with van der Waals surface area (Å²) in [6.45, 7) is 4.99. The second kappa shape index (κ2) is 9.33. The van der Waals surface area contributed by atoms with Crippen LogP contribution in [-0.4, -0.2) is 31.7 Å². The predicted octanol–water partition coefficient (Wildman–Crippen LogP) is 4.10. The summed E-state index contributed by atoms with van der Waals surface area (Å²) < 4.78 is 40.3. The maximum atomic E-state index is 11.9. The first-order chi connectivity index (χ1) is 9.87. The van der Waals surface area contributed by atoms with Crippen molar-refractivity contribution in [2.75, 3.05) is 25.5 Å². The van der Waals surface area contributed by atoms with Gasteiger partial charge in [-0.25, -0.2) is 0 Å². The summed E-state index contributed by atoms with van der Waals surface area (Å²) in [6.07, 6.45) is -4.24. The van der Waals surface area contributed by atoms with Crippen molar-refractivity contribution in [3.8, 4) is 0 Å². The first-order valence-corrected chi connectivity index (χ1v) is 7.92. The number of hydrogen-bond acceptors (Lipinski definition) is 3. The van der Waals surface area contributed by atoms with Gasteiger partial charge in [0.15, 0.2) is 0 Å². The molecule has 21 heavy (non-hydrogen) atoms. The predicted molar refractivity (Wildman–Crippen MR) is 80.6 cm³/mol. The van der Waals surface area contributed by atoms with E-state index in [1.807, 2.05) is 18.2 Å². The molecule has 0 spiro atoms. The molecule has 1 aromatic rings. The van der Waals surface area contributed by atoms with Crippen LogP contribution in [0.1, 0.15) is 19.4 Å². The summed E-state index contributed by atoms with van der Waals surface area (Å²) in [5.74, 6) is 1.12. The molecule has 0 aliphatic rings. The highest BCUT2D eigenvalue weighted by atomic mass is 32.2. The van der Waals surface area contributed by atoms with Gasteiger partial charge in [0.1, 0.15) is 6.61 Å². The third kappa shape index (κ3) is 9.77. The Morgan fingerprint density at radius 2 is 2.05 bits per heavy atom. The van der Waals surface area contributed by atoms with E-state index >= 15 is 0 Å². The molecule has 6 heteroatoms. The zero-order chi connectivity index (χ0) is 15.7. The van der Waals surface area contributed by atoms with E-state index in [1.165, 1.54) is 17.3 Å². The Kier molecular flexibility index (Phi) is 8.14. The number of halogens is 3. The van der Waals surface area contributed by atoms with Crippen LogP contribution in [0.25, 0.3) is 0 Å². The first kappa shape index (κ1) is 18.3. The van der Waals surface area contributed by atoms with Crippen LogP contribution in [0.15, 0.2) is 29.2 Å². The molecule has 0 unspecified atom stereocenters. The molecular formula is C15H22F3NOS. The van der Waals surface area contributed by atoms with E-state index in [4.69, 9.17) is 0 Å². The molecule has 0 radical (unpaired) electrons. The van der Waals surface area contributed by atoms with Gasteiger partial charge in [0.05, 0.1) is 6.61 Å². The Morgan fingerprint density at radius 1 is 1.29 bits per heavy atom. The fourth-order valence-corrected chi connectivity index (χ4v) is 2.50. The molecule has 0 saturated heterocycles. The Balaban J connectivity index is 2.26. The fourth-order valence-electron chi connectivity index (χ4n) is 1.66. The molecule has 120 valence electrons. The summed E-state index contributed by atoms with van der Waals surface area (Å²) in [5.41, 5.74) is 1.18. The van der Waals surface area contributed by atoms with Crippen molar-refractivity contribution in [1.29, 1.82) is 0 Å². The topological polar surface area (TPSA) is 21.3 Å². The van der Waals surface area contributed by atoms with Crippen LogP contribution in [0.5, 0.6) is 0 Å². The lowest BCUT2D eigenvalue weighted by molar-refractivity contribution is -0.172. The first-order valence-electron chi connectivity index (χ1n) is 6.94. The van der Waals surface area contributed by atoms with E-state index < -0.39 is 12.8 Å². The van der Waals surface area contributed by atoms with E-state index in [0.717, 1.165) is 18.0 Å². The van der Waals surface area contributed by atoms with Crippen molar-refractivity contribution >= 4 is 11.8 Å². The normalized spacial score (nSPS) is 12.1. The molecule has 0 aliphatic heterocycles. The van der Waals surface area contributed by atoms with Gasteiger partial charge >= 0.3 is 6.18 Å².